The molecule has 0 fully saturated rings. The van der Waals surface area contributed by atoms with E-state index < -0.39 is 6.61 Å². The maximum Gasteiger partial charge on any atom is 0.387 e. The SMILES string of the molecule is COc1cc(CCNC(=O)CN(C)C(C)c2ccccc2)ccc1OC(F)F. The zero-order valence-electron chi connectivity index (χ0n) is 16.3. The summed E-state index contributed by atoms with van der Waals surface area (Å²) < 4.78 is 34.2. The molecule has 1 unspecified atom stereocenters. The third-order valence-corrected chi connectivity index (χ3v) is 4.52. The van der Waals surface area contributed by atoms with Gasteiger partial charge in [0.2, 0.25) is 5.91 Å². The van der Waals surface area contributed by atoms with E-state index in [9.17, 15) is 13.6 Å². The molecule has 0 radical (unpaired) electrons. The normalized spacial score (nSPS) is 12.1. The van der Waals surface area contributed by atoms with Crippen molar-refractivity contribution in [2.24, 2.45) is 0 Å². The Balaban J connectivity index is 1.81. The number of halogens is 2. The highest BCUT2D eigenvalue weighted by atomic mass is 19.3. The molecular formula is C21H26F2N2O3. The number of benzene rings is 2. The monoisotopic (exact) mass is 392 g/mol. The largest absolute Gasteiger partial charge is 0.493 e. The Kier molecular flexibility index (Phi) is 8.19. The molecule has 152 valence electrons. The second kappa shape index (κ2) is 10.6. The number of hydrogen-bond donors (Lipinski definition) is 1. The lowest BCUT2D eigenvalue weighted by Crippen LogP contribution is -2.37. The smallest absolute Gasteiger partial charge is 0.387 e. The average molecular weight is 392 g/mol. The maximum atomic E-state index is 12.4. The van der Waals surface area contributed by atoms with Crippen molar-refractivity contribution >= 4 is 5.91 Å². The first kappa shape index (κ1) is 21.6. The standard InChI is InChI=1S/C21H26F2N2O3/c1-15(17-7-5-4-6-8-17)25(2)14-20(26)24-12-11-16-9-10-18(28-21(22)23)19(13-16)27-3/h4-10,13,15,21H,11-12,14H2,1-3H3,(H,24,26). The van der Waals surface area contributed by atoms with Crippen LogP contribution in [-0.2, 0) is 11.2 Å². The molecule has 2 aromatic carbocycles. The van der Waals surface area contributed by atoms with E-state index in [2.05, 4.69) is 17.0 Å². The van der Waals surface area contributed by atoms with Crippen molar-refractivity contribution in [3.05, 3.63) is 59.7 Å². The molecule has 0 heterocycles. The van der Waals surface area contributed by atoms with Crippen molar-refractivity contribution in [1.82, 2.24) is 10.2 Å². The van der Waals surface area contributed by atoms with Crippen LogP contribution in [0.1, 0.15) is 24.1 Å². The lowest BCUT2D eigenvalue weighted by atomic mass is 10.1. The third-order valence-electron chi connectivity index (χ3n) is 4.52. The van der Waals surface area contributed by atoms with Gasteiger partial charge >= 0.3 is 6.61 Å². The topological polar surface area (TPSA) is 50.8 Å². The van der Waals surface area contributed by atoms with Crippen LogP contribution in [0, 0.1) is 0 Å². The Hall–Kier alpha value is -2.67. The van der Waals surface area contributed by atoms with E-state index in [1.807, 2.05) is 42.3 Å². The Bertz CT molecular complexity index is 757. The van der Waals surface area contributed by atoms with Crippen molar-refractivity contribution in [3.8, 4) is 11.5 Å². The molecule has 0 aliphatic carbocycles. The molecule has 0 aliphatic heterocycles. The number of alkyl halides is 2. The van der Waals surface area contributed by atoms with Gasteiger partial charge in [0.15, 0.2) is 11.5 Å². The van der Waals surface area contributed by atoms with Gasteiger partial charge in [-0.1, -0.05) is 36.4 Å². The van der Waals surface area contributed by atoms with Crippen molar-refractivity contribution < 1.29 is 23.0 Å². The molecule has 0 spiro atoms. The Morgan fingerprint density at radius 1 is 1.14 bits per heavy atom. The zero-order chi connectivity index (χ0) is 20.5. The highest BCUT2D eigenvalue weighted by molar-refractivity contribution is 5.78. The van der Waals surface area contributed by atoms with Crippen molar-refractivity contribution in [2.75, 3.05) is 27.2 Å². The molecular weight excluding hydrogens is 366 g/mol. The molecule has 1 N–H and O–H groups in total. The molecule has 0 aliphatic rings. The van der Waals surface area contributed by atoms with Crippen LogP contribution in [-0.4, -0.2) is 44.7 Å². The van der Waals surface area contributed by atoms with Crippen LogP contribution in [0.2, 0.25) is 0 Å². The summed E-state index contributed by atoms with van der Waals surface area (Å²) in [6.07, 6.45) is 0.551. The summed E-state index contributed by atoms with van der Waals surface area (Å²) in [7, 11) is 3.30. The number of rotatable bonds is 10. The number of nitrogens with one attached hydrogen (secondary N) is 1. The zero-order valence-corrected chi connectivity index (χ0v) is 16.3. The van der Waals surface area contributed by atoms with Gasteiger partial charge in [-0.15, -0.1) is 0 Å². The van der Waals surface area contributed by atoms with Crippen LogP contribution in [0.5, 0.6) is 11.5 Å². The summed E-state index contributed by atoms with van der Waals surface area (Å²) >= 11 is 0. The molecule has 2 aromatic rings. The van der Waals surface area contributed by atoms with Crippen LogP contribution in [0.15, 0.2) is 48.5 Å². The van der Waals surface area contributed by atoms with Gasteiger partial charge in [0.1, 0.15) is 0 Å². The molecule has 1 amide bonds. The predicted molar refractivity (Wildman–Crippen MR) is 104 cm³/mol. The first-order valence-corrected chi connectivity index (χ1v) is 9.04. The van der Waals surface area contributed by atoms with E-state index in [4.69, 9.17) is 4.74 Å². The second-order valence-electron chi connectivity index (χ2n) is 6.47. The van der Waals surface area contributed by atoms with Crippen LogP contribution >= 0.6 is 0 Å². The van der Waals surface area contributed by atoms with Crippen molar-refractivity contribution in [1.29, 1.82) is 0 Å². The van der Waals surface area contributed by atoms with E-state index in [-0.39, 0.29) is 30.0 Å². The van der Waals surface area contributed by atoms with Crippen molar-refractivity contribution in [3.63, 3.8) is 0 Å². The highest BCUT2D eigenvalue weighted by Gasteiger charge is 2.15. The molecule has 5 nitrogen and oxygen atoms in total. The number of carbonyl (C=O) groups is 1. The van der Waals surface area contributed by atoms with Gasteiger partial charge in [0.25, 0.3) is 0 Å². The Labute approximate surface area is 164 Å². The number of likely N-dealkylation sites (N-methyl/N-ethyl adjacent to an activating group) is 1. The number of methoxy groups -OCH3 is 1. The van der Waals surface area contributed by atoms with Crippen LogP contribution in [0.3, 0.4) is 0 Å². The van der Waals surface area contributed by atoms with E-state index in [1.165, 1.54) is 13.2 Å². The number of amides is 1. The molecule has 0 saturated carbocycles. The number of nitrogens with zero attached hydrogens (tertiary/aromatic N) is 1. The van der Waals surface area contributed by atoms with Gasteiger partial charge in [-0.2, -0.15) is 8.78 Å². The van der Waals surface area contributed by atoms with Crippen LogP contribution in [0.25, 0.3) is 0 Å². The molecule has 28 heavy (non-hydrogen) atoms. The van der Waals surface area contributed by atoms with Crippen LogP contribution < -0.4 is 14.8 Å². The predicted octanol–water partition coefficient (Wildman–Crippen LogP) is 3.65. The van der Waals surface area contributed by atoms with E-state index in [0.29, 0.717) is 13.0 Å². The fourth-order valence-corrected chi connectivity index (χ4v) is 2.81. The lowest BCUT2D eigenvalue weighted by molar-refractivity contribution is -0.122. The minimum Gasteiger partial charge on any atom is -0.493 e. The quantitative estimate of drug-likeness (QED) is 0.671. The molecule has 0 aromatic heterocycles. The molecule has 0 saturated heterocycles. The number of hydrogen-bond acceptors (Lipinski definition) is 4. The summed E-state index contributed by atoms with van der Waals surface area (Å²) in [6.45, 7) is -0.141. The summed E-state index contributed by atoms with van der Waals surface area (Å²) in [6, 6.07) is 14.9. The first-order chi connectivity index (χ1) is 13.4. The van der Waals surface area contributed by atoms with E-state index >= 15 is 0 Å². The van der Waals surface area contributed by atoms with E-state index in [1.54, 1.807) is 12.1 Å². The van der Waals surface area contributed by atoms with Gasteiger partial charge < -0.3 is 14.8 Å². The fourth-order valence-electron chi connectivity index (χ4n) is 2.81. The number of carbonyl (C=O) groups excluding carboxylic acids is 1. The second-order valence-corrected chi connectivity index (χ2v) is 6.47. The first-order valence-electron chi connectivity index (χ1n) is 9.04. The van der Waals surface area contributed by atoms with Gasteiger partial charge in [0.05, 0.1) is 13.7 Å². The van der Waals surface area contributed by atoms with Gasteiger partial charge in [-0.3, -0.25) is 9.69 Å². The lowest BCUT2D eigenvalue weighted by Gasteiger charge is -2.24. The fraction of sp³-hybridized carbons (Fsp3) is 0.381. The van der Waals surface area contributed by atoms with E-state index in [0.717, 1.165) is 11.1 Å². The summed E-state index contributed by atoms with van der Waals surface area (Å²) in [5.41, 5.74) is 2.00. The molecule has 1 atom stereocenters. The summed E-state index contributed by atoms with van der Waals surface area (Å²) in [4.78, 5) is 14.2. The minimum atomic E-state index is -2.91. The molecule has 7 heteroatoms. The Morgan fingerprint density at radius 3 is 2.50 bits per heavy atom. The molecule has 2 rings (SSSR count). The third kappa shape index (κ3) is 6.49. The minimum absolute atomic E-state index is 0.0122. The summed E-state index contributed by atoms with van der Waals surface area (Å²) in [5.74, 6) is 0.150. The number of ether oxygens (including phenoxy) is 2. The maximum absolute atomic E-state index is 12.4. The summed E-state index contributed by atoms with van der Waals surface area (Å²) in [5, 5.41) is 2.88. The molecule has 0 bridgehead atoms. The van der Waals surface area contributed by atoms with Gasteiger partial charge in [0, 0.05) is 12.6 Å². The van der Waals surface area contributed by atoms with Gasteiger partial charge in [-0.05, 0) is 43.7 Å². The average Bonchev–Trinajstić information content (AvgIpc) is 2.68. The van der Waals surface area contributed by atoms with Crippen molar-refractivity contribution in [2.45, 2.75) is 26.0 Å². The van der Waals surface area contributed by atoms with Gasteiger partial charge in [-0.25, -0.2) is 0 Å². The Morgan fingerprint density at radius 2 is 1.86 bits per heavy atom. The highest BCUT2D eigenvalue weighted by Crippen LogP contribution is 2.29. The van der Waals surface area contributed by atoms with Crippen LogP contribution in [0.4, 0.5) is 8.78 Å².